The van der Waals surface area contributed by atoms with Gasteiger partial charge in [0.15, 0.2) is 0 Å². The quantitative estimate of drug-likeness (QED) is 0.395. The Bertz CT molecular complexity index is 1020. The van der Waals surface area contributed by atoms with E-state index < -0.39 is 13.4 Å². The highest BCUT2D eigenvalue weighted by molar-refractivity contribution is 7.55. The predicted octanol–water partition coefficient (Wildman–Crippen LogP) is 7.16. The van der Waals surface area contributed by atoms with Crippen LogP contribution in [0, 0.1) is 0 Å². The van der Waals surface area contributed by atoms with E-state index in [9.17, 15) is 9.67 Å². The molecule has 0 aliphatic heterocycles. The molecule has 0 spiro atoms. The summed E-state index contributed by atoms with van der Waals surface area (Å²) in [5.74, 6) is 0.353. The van der Waals surface area contributed by atoms with Crippen molar-refractivity contribution in [1.29, 1.82) is 0 Å². The van der Waals surface area contributed by atoms with Gasteiger partial charge in [-0.15, -0.1) is 0 Å². The molecule has 1 heterocycles. The summed E-state index contributed by atoms with van der Waals surface area (Å²) < 4.78 is 26.5. The maximum Gasteiger partial charge on any atom is 0.401 e. The lowest BCUT2D eigenvalue weighted by atomic mass is 9.69. The van der Waals surface area contributed by atoms with Gasteiger partial charge in [-0.3, -0.25) is 9.51 Å². The second-order valence-electron chi connectivity index (χ2n) is 10.5. The molecule has 0 fully saturated rings. The smallest absolute Gasteiger partial charge is 0.401 e. The molecule has 1 aliphatic rings. The van der Waals surface area contributed by atoms with Crippen LogP contribution in [0.2, 0.25) is 0 Å². The van der Waals surface area contributed by atoms with Gasteiger partial charge in [0.05, 0.1) is 12.3 Å². The highest BCUT2D eigenvalue weighted by Gasteiger charge is 2.41. The van der Waals surface area contributed by atoms with E-state index in [2.05, 4.69) is 44.9 Å². The van der Waals surface area contributed by atoms with Crippen LogP contribution in [-0.4, -0.2) is 22.5 Å². The number of pyridine rings is 1. The molecule has 0 saturated carbocycles. The minimum atomic E-state index is -3.61. The Morgan fingerprint density at radius 2 is 2.03 bits per heavy atom. The fourth-order valence-electron chi connectivity index (χ4n) is 4.69. The van der Waals surface area contributed by atoms with E-state index in [4.69, 9.17) is 9.05 Å². The fourth-order valence-corrected chi connectivity index (χ4v) is 6.60. The van der Waals surface area contributed by atoms with Gasteiger partial charge in [0.2, 0.25) is 0 Å². The van der Waals surface area contributed by atoms with Crippen LogP contribution in [0.15, 0.2) is 30.6 Å². The van der Waals surface area contributed by atoms with E-state index in [1.165, 1.54) is 0 Å². The third kappa shape index (κ3) is 5.38. The van der Waals surface area contributed by atoms with Crippen molar-refractivity contribution in [2.75, 3.05) is 11.9 Å². The average molecular weight is 475 g/mol. The van der Waals surface area contributed by atoms with Gasteiger partial charge in [0.25, 0.3) is 0 Å². The number of nitrogens with zero attached hydrogens (tertiary/aromatic N) is 1. The van der Waals surface area contributed by atoms with Crippen LogP contribution < -0.4 is 9.84 Å². The molecule has 3 rings (SSSR count). The topological polar surface area (TPSA) is 80.7 Å². The Morgan fingerprint density at radius 1 is 1.30 bits per heavy atom. The maximum absolute atomic E-state index is 14.2. The lowest BCUT2D eigenvalue weighted by molar-refractivity contribution is 0.269. The van der Waals surface area contributed by atoms with Crippen molar-refractivity contribution in [3.8, 4) is 11.5 Å². The molecular weight excluding hydrogens is 435 g/mol. The predicted molar refractivity (Wildman–Crippen MR) is 135 cm³/mol. The lowest BCUT2D eigenvalue weighted by Crippen LogP contribution is -2.27. The number of anilines is 1. The summed E-state index contributed by atoms with van der Waals surface area (Å²) in [6.07, 6.45) is 6.67. The molecule has 2 atom stereocenters. The van der Waals surface area contributed by atoms with Gasteiger partial charge in [-0.05, 0) is 61.6 Å². The van der Waals surface area contributed by atoms with Gasteiger partial charge in [0, 0.05) is 29.1 Å². The summed E-state index contributed by atoms with van der Waals surface area (Å²) in [6, 6.07) is 5.59. The highest BCUT2D eigenvalue weighted by atomic mass is 31.2. The second-order valence-corrected chi connectivity index (χ2v) is 12.6. The average Bonchev–Trinajstić information content (AvgIpc) is 2.73. The van der Waals surface area contributed by atoms with E-state index in [1.54, 1.807) is 12.4 Å². The molecule has 0 radical (unpaired) electrons. The van der Waals surface area contributed by atoms with Crippen molar-refractivity contribution in [2.24, 2.45) is 0 Å². The molecule has 2 N–H and O–H groups in total. The molecule has 1 aliphatic carbocycles. The second kappa shape index (κ2) is 9.68. The number of aromatic nitrogens is 1. The zero-order valence-electron chi connectivity index (χ0n) is 21.1. The third-order valence-electron chi connectivity index (χ3n) is 6.38. The molecular formula is C26H39N2O4P. The van der Waals surface area contributed by atoms with Gasteiger partial charge >= 0.3 is 7.60 Å². The Kier molecular flexibility index (Phi) is 7.50. The molecule has 0 bridgehead atoms. The molecule has 33 heavy (non-hydrogen) atoms. The first-order valence-corrected chi connectivity index (χ1v) is 13.5. The number of nitrogens with one attached hydrogen (secondary N) is 1. The van der Waals surface area contributed by atoms with Gasteiger partial charge in [-0.25, -0.2) is 4.57 Å². The summed E-state index contributed by atoms with van der Waals surface area (Å²) >= 11 is 0. The molecule has 182 valence electrons. The summed E-state index contributed by atoms with van der Waals surface area (Å²) in [7, 11) is -3.61. The SMILES string of the molecule is CCOP(=O)(Oc1cc(C(C)(C)C)c(O)c2c1CCCC2(C)C)C(CC)Nc1cccnc1. The number of benzene rings is 1. The number of hydrogen-bond acceptors (Lipinski definition) is 6. The van der Waals surface area contributed by atoms with Crippen LogP contribution in [0.3, 0.4) is 0 Å². The fraction of sp³-hybridized carbons (Fsp3) is 0.577. The number of hydrogen-bond donors (Lipinski definition) is 2. The minimum Gasteiger partial charge on any atom is -0.507 e. The number of rotatable bonds is 8. The summed E-state index contributed by atoms with van der Waals surface area (Å²) in [5.41, 5.74) is 2.89. The normalized spacial score (nSPS) is 18.2. The van der Waals surface area contributed by atoms with E-state index >= 15 is 0 Å². The van der Waals surface area contributed by atoms with E-state index in [0.717, 1.165) is 41.6 Å². The van der Waals surface area contributed by atoms with Gasteiger partial charge in [-0.2, -0.15) is 0 Å². The summed E-state index contributed by atoms with van der Waals surface area (Å²) in [4.78, 5) is 4.14. The van der Waals surface area contributed by atoms with E-state index in [0.29, 0.717) is 17.9 Å². The molecule has 1 aromatic carbocycles. The third-order valence-corrected chi connectivity index (χ3v) is 8.70. The zero-order chi connectivity index (χ0) is 24.4. The first kappa shape index (κ1) is 25.6. The summed E-state index contributed by atoms with van der Waals surface area (Å²) in [6.45, 7) is 14.5. The van der Waals surface area contributed by atoms with Gasteiger partial charge < -0.3 is 14.9 Å². The van der Waals surface area contributed by atoms with Crippen molar-refractivity contribution in [1.82, 2.24) is 4.98 Å². The first-order chi connectivity index (χ1) is 15.4. The molecule has 0 amide bonds. The molecule has 7 heteroatoms. The van der Waals surface area contributed by atoms with Crippen LogP contribution in [0.4, 0.5) is 5.69 Å². The van der Waals surface area contributed by atoms with Crippen LogP contribution >= 0.6 is 7.60 Å². The molecule has 2 aromatic rings. The van der Waals surface area contributed by atoms with Gasteiger partial charge in [0.1, 0.15) is 17.3 Å². The number of phenolic OH excluding ortho intramolecular Hbond substituents is 1. The first-order valence-electron chi connectivity index (χ1n) is 11.9. The number of aromatic hydroxyl groups is 1. The van der Waals surface area contributed by atoms with Gasteiger partial charge in [-0.1, -0.05) is 41.5 Å². The van der Waals surface area contributed by atoms with Crippen LogP contribution in [-0.2, 0) is 26.3 Å². The minimum absolute atomic E-state index is 0.204. The Balaban J connectivity index is 2.12. The van der Waals surface area contributed by atoms with E-state index in [-0.39, 0.29) is 17.4 Å². The Hall–Kier alpha value is -2.04. The standard InChI is InChI=1S/C26H39N2O4P/c1-8-22(28-18-12-11-15-27-17-18)33(30,31-9-2)32-21-16-20(25(3,4)5)24(29)23-19(21)13-10-14-26(23,6)7/h11-12,15-17,22,28-29H,8-10,13-14H2,1-7H3. The number of fused-ring (bicyclic) bond motifs is 1. The number of phenols is 1. The van der Waals surface area contributed by atoms with Crippen LogP contribution in [0.5, 0.6) is 11.5 Å². The van der Waals surface area contributed by atoms with Crippen molar-refractivity contribution in [3.05, 3.63) is 47.3 Å². The zero-order valence-corrected chi connectivity index (χ0v) is 22.0. The van der Waals surface area contributed by atoms with Crippen molar-refractivity contribution >= 4 is 13.3 Å². The maximum atomic E-state index is 14.2. The molecule has 6 nitrogen and oxygen atoms in total. The van der Waals surface area contributed by atoms with Crippen LogP contribution in [0.25, 0.3) is 0 Å². The molecule has 2 unspecified atom stereocenters. The largest absolute Gasteiger partial charge is 0.507 e. The van der Waals surface area contributed by atoms with Crippen molar-refractivity contribution in [3.63, 3.8) is 0 Å². The monoisotopic (exact) mass is 474 g/mol. The van der Waals surface area contributed by atoms with Crippen molar-refractivity contribution in [2.45, 2.75) is 90.8 Å². The van der Waals surface area contributed by atoms with Crippen molar-refractivity contribution < 1.29 is 18.7 Å². The Labute approximate surface area is 198 Å². The van der Waals surface area contributed by atoms with E-state index in [1.807, 2.05) is 32.0 Å². The summed E-state index contributed by atoms with van der Waals surface area (Å²) in [5, 5.41) is 14.6. The molecule has 0 saturated heterocycles. The lowest BCUT2D eigenvalue weighted by Gasteiger charge is -2.37. The van der Waals surface area contributed by atoms with Crippen LogP contribution in [0.1, 0.15) is 84.4 Å². The highest BCUT2D eigenvalue weighted by Crippen LogP contribution is 2.57. The molecule has 1 aromatic heterocycles. The Morgan fingerprint density at radius 3 is 2.61 bits per heavy atom.